The fourth-order valence-electron chi connectivity index (χ4n) is 3.06. The van der Waals surface area contributed by atoms with Crippen LogP contribution in [0.15, 0.2) is 10.6 Å². The maximum atomic E-state index is 13.1. The molecule has 1 aromatic rings. The van der Waals surface area contributed by atoms with E-state index in [1.807, 2.05) is 6.92 Å². The van der Waals surface area contributed by atoms with Crippen molar-refractivity contribution in [1.29, 1.82) is 0 Å². The summed E-state index contributed by atoms with van der Waals surface area (Å²) in [5.41, 5.74) is 0.0879. The Labute approximate surface area is 142 Å². The van der Waals surface area contributed by atoms with Crippen molar-refractivity contribution in [1.82, 2.24) is 10.1 Å². The summed E-state index contributed by atoms with van der Waals surface area (Å²) < 4.78 is 72.9. The Bertz CT molecular complexity index is 785. The summed E-state index contributed by atoms with van der Waals surface area (Å²) >= 11 is 0. The minimum absolute atomic E-state index is 0.210. The molecule has 7 nitrogen and oxygen atoms in total. The molecule has 0 aliphatic carbocycles. The van der Waals surface area contributed by atoms with E-state index in [-0.39, 0.29) is 5.76 Å². The van der Waals surface area contributed by atoms with Crippen LogP contribution in [0, 0.1) is 5.92 Å². The Morgan fingerprint density at radius 2 is 2.00 bits per heavy atom. The first kappa shape index (κ1) is 18.2. The zero-order chi connectivity index (χ0) is 18.6. The van der Waals surface area contributed by atoms with Crippen molar-refractivity contribution < 1.29 is 35.6 Å². The molecule has 2 saturated heterocycles. The molecule has 1 aromatic heterocycles. The van der Waals surface area contributed by atoms with E-state index in [1.165, 1.54) is 6.07 Å². The molecule has 0 saturated carbocycles. The summed E-state index contributed by atoms with van der Waals surface area (Å²) in [5, 5.41) is 2.11. The number of sulfone groups is 1. The van der Waals surface area contributed by atoms with E-state index in [0.717, 1.165) is 11.2 Å². The second-order valence-electron chi connectivity index (χ2n) is 6.86. The van der Waals surface area contributed by atoms with Crippen LogP contribution in [0.3, 0.4) is 0 Å². The minimum atomic E-state index is -4.72. The van der Waals surface area contributed by atoms with Crippen LogP contribution in [0.25, 0.3) is 0 Å². The number of rotatable bonds is 3. The second kappa shape index (κ2) is 5.70. The van der Waals surface area contributed by atoms with Gasteiger partial charge in [-0.25, -0.2) is 8.42 Å². The molecule has 2 aliphatic rings. The predicted molar refractivity (Wildman–Crippen MR) is 78.8 cm³/mol. The molecule has 0 unspecified atom stereocenters. The van der Waals surface area contributed by atoms with Crippen molar-refractivity contribution in [3.8, 4) is 0 Å². The second-order valence-corrected chi connectivity index (χ2v) is 9.12. The van der Waals surface area contributed by atoms with Gasteiger partial charge in [0.05, 0.1) is 35.5 Å². The number of ether oxygens (including phenoxy) is 1. The van der Waals surface area contributed by atoms with E-state index < -0.39 is 51.6 Å². The molecule has 0 radical (unpaired) electrons. The minimum Gasteiger partial charge on any atom is -0.379 e. The molecular formula is C14H17F3N2O5S. The number of likely N-dealkylation sites (tertiary alicyclic amines) is 1. The Morgan fingerprint density at radius 1 is 1.36 bits per heavy atom. The van der Waals surface area contributed by atoms with Gasteiger partial charge in [-0.3, -0.25) is 4.79 Å². The Kier molecular flexibility index (Phi) is 4.14. The van der Waals surface area contributed by atoms with Crippen LogP contribution in [0.4, 0.5) is 13.2 Å². The summed E-state index contributed by atoms with van der Waals surface area (Å²) in [6.07, 6.45) is -3.97. The smallest absolute Gasteiger partial charge is 0.379 e. The van der Waals surface area contributed by atoms with Crippen LogP contribution in [-0.2, 0) is 20.0 Å². The van der Waals surface area contributed by atoms with Crippen molar-refractivity contribution >= 4 is 15.7 Å². The largest absolute Gasteiger partial charge is 0.394 e. The summed E-state index contributed by atoms with van der Waals surface area (Å²) in [7, 11) is -3.97. The monoisotopic (exact) mass is 382 g/mol. The summed E-state index contributed by atoms with van der Waals surface area (Å²) in [6.45, 7) is 1.42. The molecule has 2 aliphatic heterocycles. The highest BCUT2D eigenvalue weighted by Gasteiger charge is 2.54. The van der Waals surface area contributed by atoms with Crippen LogP contribution in [0.5, 0.6) is 0 Å². The van der Waals surface area contributed by atoms with Crippen LogP contribution in [0.2, 0.25) is 0 Å². The van der Waals surface area contributed by atoms with Gasteiger partial charge >= 0.3 is 6.18 Å². The highest BCUT2D eigenvalue weighted by molar-refractivity contribution is 7.91. The molecule has 2 fully saturated rings. The van der Waals surface area contributed by atoms with Gasteiger partial charge in [-0.05, 0) is 6.92 Å². The van der Waals surface area contributed by atoms with Gasteiger partial charge in [0.2, 0.25) is 5.76 Å². The molecule has 2 atom stereocenters. The molecule has 25 heavy (non-hydrogen) atoms. The Balaban J connectivity index is 1.81. The van der Waals surface area contributed by atoms with Crippen LogP contribution in [-0.4, -0.2) is 68.4 Å². The molecule has 11 heteroatoms. The molecule has 0 spiro atoms. The SMILES string of the molecule is CC1(c2cc(C(=O)N3C[C@H](C(F)(F)F)[C@@H](S(C)(=O)=O)C3)on2)COC1. The lowest BCUT2D eigenvalue weighted by molar-refractivity contribution is -0.169. The number of hydrogen-bond acceptors (Lipinski definition) is 6. The number of aromatic nitrogens is 1. The number of halogens is 3. The zero-order valence-corrected chi connectivity index (χ0v) is 14.4. The first-order valence-corrected chi connectivity index (χ1v) is 9.47. The van der Waals surface area contributed by atoms with Crippen molar-refractivity contribution in [3.63, 3.8) is 0 Å². The van der Waals surface area contributed by atoms with Gasteiger partial charge in [-0.2, -0.15) is 13.2 Å². The van der Waals surface area contributed by atoms with E-state index in [0.29, 0.717) is 18.9 Å². The van der Waals surface area contributed by atoms with Gasteiger partial charge in [0.25, 0.3) is 5.91 Å². The van der Waals surface area contributed by atoms with Gasteiger partial charge < -0.3 is 14.2 Å². The molecule has 3 heterocycles. The van der Waals surface area contributed by atoms with Gasteiger partial charge in [0, 0.05) is 25.4 Å². The fourth-order valence-corrected chi connectivity index (χ4v) is 4.35. The number of carbonyl (C=O) groups excluding carboxylic acids is 1. The van der Waals surface area contributed by atoms with E-state index >= 15 is 0 Å². The van der Waals surface area contributed by atoms with Crippen molar-refractivity contribution in [2.75, 3.05) is 32.6 Å². The number of nitrogens with zero attached hydrogens (tertiary/aromatic N) is 2. The lowest BCUT2D eigenvalue weighted by Gasteiger charge is -2.35. The summed E-state index contributed by atoms with van der Waals surface area (Å²) in [6, 6.07) is 1.38. The zero-order valence-electron chi connectivity index (χ0n) is 13.5. The number of alkyl halides is 3. The van der Waals surface area contributed by atoms with Crippen LogP contribution < -0.4 is 0 Å². The van der Waals surface area contributed by atoms with Crippen LogP contribution in [0.1, 0.15) is 23.2 Å². The highest BCUT2D eigenvalue weighted by atomic mass is 32.2. The first-order valence-electron chi connectivity index (χ1n) is 7.52. The number of carbonyl (C=O) groups is 1. The van der Waals surface area contributed by atoms with E-state index in [4.69, 9.17) is 9.26 Å². The first-order chi connectivity index (χ1) is 11.4. The standard InChI is InChI=1S/C14H17F3N2O5S/c1-13(6-23-7-13)11-3-9(24-18-11)12(20)19-4-8(14(15,16)17)10(5-19)25(2,21)22/h3,8,10H,4-7H2,1-2H3/t8-,10-/m0/s1. The molecule has 0 N–H and O–H groups in total. The Hall–Kier alpha value is -1.62. The third kappa shape index (κ3) is 3.26. The molecule has 0 aromatic carbocycles. The molecule has 3 rings (SSSR count). The highest BCUT2D eigenvalue weighted by Crippen LogP contribution is 2.38. The molecule has 140 valence electrons. The van der Waals surface area contributed by atoms with Crippen molar-refractivity contribution in [3.05, 3.63) is 17.5 Å². The predicted octanol–water partition coefficient (Wildman–Crippen LogP) is 1.01. The maximum Gasteiger partial charge on any atom is 0.394 e. The lowest BCUT2D eigenvalue weighted by atomic mass is 9.85. The van der Waals surface area contributed by atoms with Crippen molar-refractivity contribution in [2.24, 2.45) is 5.92 Å². The van der Waals surface area contributed by atoms with Crippen molar-refractivity contribution in [2.45, 2.75) is 23.8 Å². The van der Waals surface area contributed by atoms with Gasteiger partial charge in [0.15, 0.2) is 9.84 Å². The van der Waals surface area contributed by atoms with Crippen LogP contribution >= 0.6 is 0 Å². The third-order valence-corrected chi connectivity index (χ3v) is 6.28. The van der Waals surface area contributed by atoms with E-state index in [2.05, 4.69) is 5.16 Å². The number of amides is 1. The summed E-state index contributed by atoms with van der Waals surface area (Å²) in [5.74, 6) is -3.13. The quantitative estimate of drug-likeness (QED) is 0.775. The van der Waals surface area contributed by atoms with Gasteiger partial charge in [0.1, 0.15) is 0 Å². The van der Waals surface area contributed by atoms with E-state index in [9.17, 15) is 26.4 Å². The lowest BCUT2D eigenvalue weighted by Crippen LogP contribution is -2.44. The van der Waals surface area contributed by atoms with Gasteiger partial charge in [-0.1, -0.05) is 5.16 Å². The number of hydrogen-bond donors (Lipinski definition) is 0. The van der Waals surface area contributed by atoms with E-state index in [1.54, 1.807) is 0 Å². The normalized spacial score (nSPS) is 26.5. The average Bonchev–Trinajstić information content (AvgIpc) is 3.10. The maximum absolute atomic E-state index is 13.1. The molecule has 0 bridgehead atoms. The third-order valence-electron chi connectivity index (χ3n) is 4.70. The molecular weight excluding hydrogens is 365 g/mol. The Morgan fingerprint density at radius 3 is 2.44 bits per heavy atom. The van der Waals surface area contributed by atoms with Gasteiger partial charge in [-0.15, -0.1) is 0 Å². The molecule has 1 amide bonds. The fraction of sp³-hybridized carbons (Fsp3) is 0.714. The average molecular weight is 382 g/mol. The topological polar surface area (TPSA) is 89.7 Å². The summed E-state index contributed by atoms with van der Waals surface area (Å²) in [4.78, 5) is 13.3.